The van der Waals surface area contributed by atoms with Gasteiger partial charge in [0.2, 0.25) is 6.71 Å². The minimum Gasteiger partial charge on any atom is -0.0780 e. The quantitative estimate of drug-likeness (QED) is 0.157. The van der Waals surface area contributed by atoms with E-state index in [0.717, 1.165) is 0 Å². The molecule has 42 heavy (non-hydrogen) atoms. The molecule has 0 saturated carbocycles. The van der Waals surface area contributed by atoms with Gasteiger partial charge in [-0.05, 0) is 39.2 Å². The first-order chi connectivity index (χ1) is 20.7. The molecule has 1 heterocycles. The van der Waals surface area contributed by atoms with Crippen molar-refractivity contribution in [3.63, 3.8) is 0 Å². The molecular formula is C40H41BSi. The van der Waals surface area contributed by atoms with E-state index in [2.05, 4.69) is 172 Å². The average molecular weight is 561 g/mol. The maximum Gasteiger partial charge on any atom is 0.201 e. The monoisotopic (exact) mass is 560 g/mol. The largest absolute Gasteiger partial charge is 0.201 e. The molecule has 0 nitrogen and oxygen atoms in total. The second kappa shape index (κ2) is 12.2. The molecule has 0 aliphatic carbocycles. The molecule has 0 spiro atoms. The zero-order chi connectivity index (χ0) is 29.0. The molecular weight excluding hydrogens is 519 g/mol. The Hall–Kier alpha value is -3.88. The molecule has 0 amide bonds. The summed E-state index contributed by atoms with van der Waals surface area (Å²) in [7, 11) is -2.07. The fraction of sp³-hybridized carbons (Fsp3) is 0.200. The topological polar surface area (TPSA) is 0 Å². The summed E-state index contributed by atoms with van der Waals surface area (Å²) in [4.78, 5) is -0.138. The molecule has 2 heteroatoms. The number of benzene rings is 5. The molecule has 1 aliphatic rings. The number of hydrogen-bond donors (Lipinski definition) is 0. The van der Waals surface area contributed by atoms with Crippen LogP contribution in [0.3, 0.4) is 0 Å². The van der Waals surface area contributed by atoms with Gasteiger partial charge in [0, 0.05) is 4.94 Å². The van der Waals surface area contributed by atoms with Crippen molar-refractivity contribution in [2.75, 3.05) is 0 Å². The zero-order valence-electron chi connectivity index (χ0n) is 25.2. The van der Waals surface area contributed by atoms with Gasteiger partial charge in [0.25, 0.3) is 0 Å². The molecule has 0 unspecified atom stereocenters. The van der Waals surface area contributed by atoms with Crippen LogP contribution in [0.4, 0.5) is 0 Å². The van der Waals surface area contributed by atoms with Crippen molar-refractivity contribution in [3.8, 4) is 0 Å². The summed E-state index contributed by atoms with van der Waals surface area (Å²) in [5.74, 6) is 0.211. The third-order valence-corrected chi connectivity index (χ3v) is 16.9. The SMILES string of the molecule is CC[Si](CC)(CC)[C@@]1(c2ccccc2)B(c2ccccc2)[C@H](c2ccccc2)C(c2ccccc2)=C1c1ccccc1. The molecule has 5 aromatic carbocycles. The molecule has 1 aliphatic heterocycles. The number of allylic oxidation sites excluding steroid dienone is 2. The highest BCUT2D eigenvalue weighted by Crippen LogP contribution is 2.63. The van der Waals surface area contributed by atoms with Gasteiger partial charge in [0.15, 0.2) is 0 Å². The van der Waals surface area contributed by atoms with E-state index in [-0.39, 0.29) is 17.5 Å². The Balaban J connectivity index is 1.89. The fourth-order valence-electron chi connectivity index (χ4n) is 8.50. The molecule has 0 bridgehead atoms. The Kier molecular flexibility index (Phi) is 8.18. The van der Waals surface area contributed by atoms with Gasteiger partial charge in [-0.15, -0.1) is 0 Å². The minimum absolute atomic E-state index is 0.138. The lowest BCUT2D eigenvalue weighted by atomic mass is 9.29. The van der Waals surface area contributed by atoms with E-state index < -0.39 is 8.07 Å². The minimum atomic E-state index is -2.07. The summed E-state index contributed by atoms with van der Waals surface area (Å²) < 4.78 is 0. The van der Waals surface area contributed by atoms with Gasteiger partial charge in [-0.3, -0.25) is 0 Å². The van der Waals surface area contributed by atoms with E-state index in [0.29, 0.717) is 0 Å². The Bertz CT molecular complexity index is 1600. The third-order valence-electron chi connectivity index (χ3n) is 10.3. The van der Waals surface area contributed by atoms with E-state index >= 15 is 0 Å². The first-order valence-corrected chi connectivity index (χ1v) is 18.3. The Morgan fingerprint density at radius 2 is 0.952 bits per heavy atom. The Morgan fingerprint density at radius 3 is 1.45 bits per heavy atom. The molecule has 2 atom stereocenters. The van der Waals surface area contributed by atoms with Crippen LogP contribution in [-0.2, 0) is 4.94 Å². The van der Waals surface area contributed by atoms with Crippen LogP contribution in [0.25, 0.3) is 11.1 Å². The van der Waals surface area contributed by atoms with E-state index in [1.165, 1.54) is 51.4 Å². The van der Waals surface area contributed by atoms with Crippen LogP contribution in [0.2, 0.25) is 18.1 Å². The summed E-state index contributed by atoms with van der Waals surface area (Å²) in [5, 5.41) is 0. The van der Waals surface area contributed by atoms with Crippen molar-refractivity contribution < 1.29 is 0 Å². The predicted octanol–water partition coefficient (Wildman–Crippen LogP) is 9.86. The van der Waals surface area contributed by atoms with Crippen molar-refractivity contribution in [1.29, 1.82) is 0 Å². The maximum absolute atomic E-state index is 2.49. The summed E-state index contributed by atoms with van der Waals surface area (Å²) in [5.41, 5.74) is 10.1. The van der Waals surface area contributed by atoms with Crippen LogP contribution >= 0.6 is 0 Å². The fourth-order valence-corrected chi connectivity index (χ4v) is 14.3. The molecule has 208 valence electrons. The smallest absolute Gasteiger partial charge is 0.0780 e. The van der Waals surface area contributed by atoms with Gasteiger partial charge < -0.3 is 0 Å². The van der Waals surface area contributed by atoms with Crippen LogP contribution in [-0.4, -0.2) is 14.8 Å². The first kappa shape index (κ1) is 28.3. The normalized spacial score (nSPS) is 18.8. The average Bonchev–Trinajstić information content (AvgIpc) is 3.41. The van der Waals surface area contributed by atoms with Crippen molar-refractivity contribution in [2.24, 2.45) is 0 Å². The van der Waals surface area contributed by atoms with Crippen molar-refractivity contribution in [3.05, 3.63) is 174 Å². The van der Waals surface area contributed by atoms with Crippen LogP contribution < -0.4 is 5.46 Å². The van der Waals surface area contributed by atoms with Gasteiger partial charge in [-0.25, -0.2) is 0 Å². The molecule has 0 radical (unpaired) electrons. The Morgan fingerprint density at radius 1 is 0.524 bits per heavy atom. The first-order valence-electron chi connectivity index (χ1n) is 15.7. The highest BCUT2D eigenvalue weighted by Gasteiger charge is 2.66. The summed E-state index contributed by atoms with van der Waals surface area (Å²) >= 11 is 0. The lowest BCUT2D eigenvalue weighted by molar-refractivity contribution is 0.944. The summed E-state index contributed by atoms with van der Waals surface area (Å²) in [6, 6.07) is 60.9. The van der Waals surface area contributed by atoms with Gasteiger partial charge in [-0.1, -0.05) is 196 Å². The van der Waals surface area contributed by atoms with E-state index in [9.17, 15) is 0 Å². The number of rotatable bonds is 9. The lowest BCUT2D eigenvalue weighted by Crippen LogP contribution is -2.66. The molecule has 5 aromatic rings. The summed E-state index contributed by atoms with van der Waals surface area (Å²) in [6.07, 6.45) is 0. The van der Waals surface area contributed by atoms with E-state index in [1.807, 2.05) is 0 Å². The summed E-state index contributed by atoms with van der Waals surface area (Å²) in [6.45, 7) is 7.74. The highest BCUT2D eigenvalue weighted by atomic mass is 28.3. The van der Waals surface area contributed by atoms with Gasteiger partial charge in [0.05, 0.1) is 8.07 Å². The highest BCUT2D eigenvalue weighted by molar-refractivity contribution is 7.03. The van der Waals surface area contributed by atoms with Crippen LogP contribution in [0.15, 0.2) is 152 Å². The van der Waals surface area contributed by atoms with Crippen molar-refractivity contribution in [2.45, 2.75) is 49.7 Å². The molecule has 0 saturated heterocycles. The van der Waals surface area contributed by atoms with Crippen molar-refractivity contribution >= 4 is 31.4 Å². The molecule has 0 fully saturated rings. The molecule has 0 aromatic heterocycles. The van der Waals surface area contributed by atoms with Crippen LogP contribution in [0, 0.1) is 0 Å². The Labute approximate surface area is 254 Å². The molecule has 6 rings (SSSR count). The molecule has 0 N–H and O–H groups in total. The van der Waals surface area contributed by atoms with E-state index in [1.54, 1.807) is 5.57 Å². The van der Waals surface area contributed by atoms with Crippen LogP contribution in [0.5, 0.6) is 0 Å². The zero-order valence-corrected chi connectivity index (χ0v) is 26.2. The second-order valence-corrected chi connectivity index (χ2v) is 17.3. The third kappa shape index (κ3) is 4.44. The van der Waals surface area contributed by atoms with Gasteiger partial charge >= 0.3 is 0 Å². The number of hydrogen-bond acceptors (Lipinski definition) is 0. The predicted molar refractivity (Wildman–Crippen MR) is 186 cm³/mol. The second-order valence-electron chi connectivity index (χ2n) is 11.8. The van der Waals surface area contributed by atoms with Gasteiger partial charge in [-0.2, -0.15) is 0 Å². The van der Waals surface area contributed by atoms with Crippen molar-refractivity contribution in [1.82, 2.24) is 0 Å². The van der Waals surface area contributed by atoms with Crippen LogP contribution in [0.1, 0.15) is 48.8 Å². The standard InChI is InChI=1S/C40H41BSi/c1-4-42(5-2,6-3)40(35-28-18-10-19-29-35)38(33-24-14-8-15-25-33)37(32-22-12-7-13-23-32)39(34-26-16-9-17-27-34)41(40)36-30-20-11-21-31-36/h7-31,39H,4-6H2,1-3H3/t39-,40-/m1/s1. The van der Waals surface area contributed by atoms with Gasteiger partial charge in [0.1, 0.15) is 0 Å². The van der Waals surface area contributed by atoms with E-state index in [4.69, 9.17) is 0 Å². The lowest BCUT2D eigenvalue weighted by Gasteiger charge is -2.53. The maximum atomic E-state index is 2.49.